The third kappa shape index (κ3) is 5.06. The molecule has 0 radical (unpaired) electrons. The van der Waals surface area contributed by atoms with Crippen LogP contribution in [-0.2, 0) is 14.8 Å². The highest BCUT2D eigenvalue weighted by Crippen LogP contribution is 2.19. The van der Waals surface area contributed by atoms with Crippen LogP contribution in [0.4, 0.5) is 5.69 Å². The lowest BCUT2D eigenvalue weighted by molar-refractivity contribution is -0.116. The Morgan fingerprint density at radius 2 is 1.73 bits per heavy atom. The molecule has 7 heteroatoms. The van der Waals surface area contributed by atoms with Gasteiger partial charge >= 0.3 is 0 Å². The molecule has 26 heavy (non-hydrogen) atoms. The summed E-state index contributed by atoms with van der Waals surface area (Å²) in [5, 5.41) is 2.73. The first kappa shape index (κ1) is 19.9. The number of ether oxygens (including phenoxy) is 1. The minimum Gasteiger partial charge on any atom is -0.493 e. The van der Waals surface area contributed by atoms with Gasteiger partial charge in [0.1, 0.15) is 5.75 Å². The Kier molecular flexibility index (Phi) is 6.39. The summed E-state index contributed by atoms with van der Waals surface area (Å²) in [4.78, 5) is 12.2. The van der Waals surface area contributed by atoms with Gasteiger partial charge in [-0.05, 0) is 55.3 Å². The van der Waals surface area contributed by atoms with Crippen LogP contribution in [0, 0.1) is 13.8 Å². The predicted octanol–water partition coefficient (Wildman–Crippen LogP) is 2.96. The number of anilines is 1. The van der Waals surface area contributed by atoms with Crippen LogP contribution >= 0.6 is 0 Å². The van der Waals surface area contributed by atoms with Crippen molar-refractivity contribution < 1.29 is 17.9 Å². The van der Waals surface area contributed by atoms with E-state index in [4.69, 9.17) is 4.74 Å². The number of amides is 1. The molecule has 0 spiro atoms. The van der Waals surface area contributed by atoms with Gasteiger partial charge in [0.05, 0.1) is 17.9 Å². The number of hydrogen-bond acceptors (Lipinski definition) is 4. The Morgan fingerprint density at radius 1 is 1.08 bits per heavy atom. The van der Waals surface area contributed by atoms with E-state index >= 15 is 0 Å². The lowest BCUT2D eigenvalue weighted by atomic mass is 10.1. The molecule has 0 heterocycles. The molecule has 0 aromatic heterocycles. The van der Waals surface area contributed by atoms with Gasteiger partial charge < -0.3 is 10.1 Å². The highest BCUT2D eigenvalue weighted by Gasteiger charge is 2.16. The minimum absolute atomic E-state index is 0.179. The molecule has 2 aromatic carbocycles. The highest BCUT2D eigenvalue weighted by molar-refractivity contribution is 7.89. The van der Waals surface area contributed by atoms with Crippen LogP contribution in [0.1, 0.15) is 17.5 Å². The van der Waals surface area contributed by atoms with Gasteiger partial charge in [0, 0.05) is 19.8 Å². The van der Waals surface area contributed by atoms with E-state index in [9.17, 15) is 13.2 Å². The Morgan fingerprint density at radius 3 is 2.35 bits per heavy atom. The smallest absolute Gasteiger partial charge is 0.242 e. The molecule has 0 bridgehead atoms. The van der Waals surface area contributed by atoms with Crippen molar-refractivity contribution in [2.45, 2.75) is 25.2 Å². The number of rotatable bonds is 7. The summed E-state index contributed by atoms with van der Waals surface area (Å²) in [5.74, 6) is 0.578. The molecule has 2 rings (SSSR count). The molecule has 1 amide bonds. The number of nitrogens with zero attached hydrogens (tertiary/aromatic N) is 1. The van der Waals surface area contributed by atoms with Crippen molar-refractivity contribution >= 4 is 21.6 Å². The van der Waals surface area contributed by atoms with Gasteiger partial charge in [0.25, 0.3) is 0 Å². The van der Waals surface area contributed by atoms with Crippen molar-refractivity contribution in [1.82, 2.24) is 4.31 Å². The predicted molar refractivity (Wildman–Crippen MR) is 102 cm³/mol. The van der Waals surface area contributed by atoms with Crippen LogP contribution in [0.2, 0.25) is 0 Å². The van der Waals surface area contributed by atoms with Crippen molar-refractivity contribution in [3.8, 4) is 5.75 Å². The number of sulfonamides is 1. The molecule has 0 unspecified atom stereocenters. The van der Waals surface area contributed by atoms with E-state index in [-0.39, 0.29) is 23.8 Å². The molecule has 0 saturated heterocycles. The normalized spacial score (nSPS) is 11.4. The molecule has 2 aromatic rings. The third-order valence-corrected chi connectivity index (χ3v) is 5.68. The van der Waals surface area contributed by atoms with Gasteiger partial charge in [0.15, 0.2) is 0 Å². The summed E-state index contributed by atoms with van der Waals surface area (Å²) in [6, 6.07) is 12.0. The van der Waals surface area contributed by atoms with E-state index in [2.05, 4.69) is 5.32 Å². The molecular weight excluding hydrogens is 352 g/mol. The first-order chi connectivity index (χ1) is 12.2. The Bertz CT molecular complexity index is 875. The zero-order chi connectivity index (χ0) is 19.3. The van der Waals surface area contributed by atoms with Crippen LogP contribution in [0.25, 0.3) is 0 Å². The van der Waals surface area contributed by atoms with E-state index in [1.54, 1.807) is 12.1 Å². The second kappa shape index (κ2) is 8.33. The van der Waals surface area contributed by atoms with Gasteiger partial charge in [-0.1, -0.05) is 12.1 Å². The maximum atomic E-state index is 12.0. The monoisotopic (exact) mass is 376 g/mol. The van der Waals surface area contributed by atoms with Crippen molar-refractivity contribution in [2.75, 3.05) is 26.0 Å². The molecule has 1 N–H and O–H groups in total. The topological polar surface area (TPSA) is 75.7 Å². The van der Waals surface area contributed by atoms with E-state index in [1.165, 1.54) is 26.2 Å². The average molecular weight is 376 g/mol. The fourth-order valence-corrected chi connectivity index (χ4v) is 3.16. The second-order valence-corrected chi connectivity index (χ2v) is 8.38. The average Bonchev–Trinajstić information content (AvgIpc) is 2.58. The number of aryl methyl sites for hydroxylation is 2. The van der Waals surface area contributed by atoms with E-state index < -0.39 is 10.0 Å². The van der Waals surface area contributed by atoms with Crippen LogP contribution in [-0.4, -0.2) is 39.3 Å². The minimum atomic E-state index is -3.47. The molecule has 0 atom stereocenters. The fraction of sp³-hybridized carbons (Fsp3) is 0.316. The fourth-order valence-electron chi connectivity index (χ4n) is 2.26. The summed E-state index contributed by atoms with van der Waals surface area (Å²) in [7, 11) is -0.528. The SMILES string of the molecule is Cc1ccc(C)c(OCCC(=O)Nc2ccc(S(=O)(=O)N(C)C)cc2)c1. The number of hydrogen-bond donors (Lipinski definition) is 1. The van der Waals surface area contributed by atoms with E-state index in [1.807, 2.05) is 32.0 Å². The summed E-state index contributed by atoms with van der Waals surface area (Å²) < 4.78 is 30.8. The molecule has 6 nitrogen and oxygen atoms in total. The van der Waals surface area contributed by atoms with Gasteiger partial charge in [-0.15, -0.1) is 0 Å². The molecule has 0 saturated carbocycles. The molecule has 0 aliphatic carbocycles. The molecule has 0 aliphatic heterocycles. The van der Waals surface area contributed by atoms with Gasteiger partial charge in [-0.2, -0.15) is 0 Å². The molecule has 140 valence electrons. The molecule has 0 fully saturated rings. The van der Waals surface area contributed by atoms with E-state index in [0.717, 1.165) is 21.2 Å². The summed E-state index contributed by atoms with van der Waals surface area (Å²) >= 11 is 0. The van der Waals surface area contributed by atoms with Crippen LogP contribution in [0.5, 0.6) is 5.75 Å². The number of nitrogens with one attached hydrogen (secondary N) is 1. The van der Waals surface area contributed by atoms with E-state index in [0.29, 0.717) is 5.69 Å². The van der Waals surface area contributed by atoms with Crippen molar-refractivity contribution in [2.24, 2.45) is 0 Å². The first-order valence-electron chi connectivity index (χ1n) is 8.22. The Labute approximate surface area is 154 Å². The van der Waals surface area contributed by atoms with Gasteiger partial charge in [-0.3, -0.25) is 4.79 Å². The van der Waals surface area contributed by atoms with Crippen molar-refractivity contribution in [3.05, 3.63) is 53.6 Å². The maximum absolute atomic E-state index is 12.0. The van der Waals surface area contributed by atoms with Gasteiger partial charge in [0.2, 0.25) is 15.9 Å². The zero-order valence-corrected chi connectivity index (χ0v) is 16.3. The quantitative estimate of drug-likeness (QED) is 0.806. The molecular formula is C19H24N2O4S. The lowest BCUT2D eigenvalue weighted by Gasteiger charge is -2.12. The Balaban J connectivity index is 1.89. The summed E-state index contributed by atoms with van der Waals surface area (Å²) in [6.45, 7) is 4.21. The van der Waals surface area contributed by atoms with Crippen molar-refractivity contribution in [1.29, 1.82) is 0 Å². The zero-order valence-electron chi connectivity index (χ0n) is 15.4. The maximum Gasteiger partial charge on any atom is 0.242 e. The van der Waals surface area contributed by atoms with Crippen LogP contribution < -0.4 is 10.1 Å². The summed E-state index contributed by atoms with van der Waals surface area (Å²) in [6.07, 6.45) is 0.200. The highest BCUT2D eigenvalue weighted by atomic mass is 32.2. The van der Waals surface area contributed by atoms with Crippen molar-refractivity contribution in [3.63, 3.8) is 0 Å². The second-order valence-electron chi connectivity index (χ2n) is 6.23. The first-order valence-corrected chi connectivity index (χ1v) is 9.66. The number of carbonyl (C=O) groups excluding carboxylic acids is 1. The van der Waals surface area contributed by atoms with Crippen LogP contribution in [0.15, 0.2) is 47.4 Å². The number of carbonyl (C=O) groups is 1. The standard InChI is InChI=1S/C19H24N2O4S/c1-14-5-6-15(2)18(13-14)25-12-11-19(22)20-16-7-9-17(10-8-16)26(23,24)21(3)4/h5-10,13H,11-12H2,1-4H3,(H,20,22). The molecule has 0 aliphatic rings. The lowest BCUT2D eigenvalue weighted by Crippen LogP contribution is -2.22. The largest absolute Gasteiger partial charge is 0.493 e. The van der Waals surface area contributed by atoms with Crippen LogP contribution in [0.3, 0.4) is 0 Å². The third-order valence-electron chi connectivity index (χ3n) is 3.85. The van der Waals surface area contributed by atoms with Gasteiger partial charge in [-0.25, -0.2) is 12.7 Å². The summed E-state index contributed by atoms with van der Waals surface area (Å²) in [5.41, 5.74) is 2.66. The Hall–Kier alpha value is -2.38. The number of benzene rings is 2.